The number of nitrogens with one attached hydrogen (secondary N) is 1. The number of nitrogens with zero attached hydrogens (tertiary/aromatic N) is 3. The maximum atomic E-state index is 12.4. The lowest BCUT2D eigenvalue weighted by Crippen LogP contribution is -2.50. The first kappa shape index (κ1) is 19.5. The van der Waals surface area contributed by atoms with Gasteiger partial charge in [-0.1, -0.05) is 0 Å². The van der Waals surface area contributed by atoms with Crippen LogP contribution in [0.25, 0.3) is 0 Å². The summed E-state index contributed by atoms with van der Waals surface area (Å²) in [7, 11) is 1.73. The number of hydrogen-bond acceptors (Lipinski definition) is 4. The number of piperazine rings is 1. The van der Waals surface area contributed by atoms with E-state index >= 15 is 0 Å². The molecular formula is C19H32N4O2. The first-order valence-electron chi connectivity index (χ1n) is 9.30. The summed E-state index contributed by atoms with van der Waals surface area (Å²) in [6.45, 7) is 11.5. The van der Waals surface area contributed by atoms with E-state index in [1.54, 1.807) is 7.11 Å². The molecule has 1 aliphatic rings. The van der Waals surface area contributed by atoms with Crippen LogP contribution in [0.4, 0.5) is 16.2 Å². The van der Waals surface area contributed by atoms with Crippen molar-refractivity contribution in [3.05, 3.63) is 24.3 Å². The van der Waals surface area contributed by atoms with Gasteiger partial charge in [0, 0.05) is 70.9 Å². The van der Waals surface area contributed by atoms with Crippen molar-refractivity contribution in [2.24, 2.45) is 0 Å². The van der Waals surface area contributed by atoms with Gasteiger partial charge in [-0.15, -0.1) is 0 Å². The summed E-state index contributed by atoms with van der Waals surface area (Å²) in [5, 5.41) is 3.01. The maximum Gasteiger partial charge on any atom is 0.321 e. The molecule has 0 aliphatic carbocycles. The number of anilines is 2. The maximum absolute atomic E-state index is 12.4. The Kier molecular flexibility index (Phi) is 8.01. The molecule has 6 nitrogen and oxygen atoms in total. The normalized spacial score (nSPS) is 15.2. The van der Waals surface area contributed by atoms with Gasteiger partial charge in [0.25, 0.3) is 0 Å². The quantitative estimate of drug-likeness (QED) is 0.734. The zero-order valence-corrected chi connectivity index (χ0v) is 15.8. The van der Waals surface area contributed by atoms with Gasteiger partial charge in [-0.05, 0) is 44.5 Å². The second-order valence-corrected chi connectivity index (χ2v) is 6.32. The zero-order valence-electron chi connectivity index (χ0n) is 15.8. The summed E-state index contributed by atoms with van der Waals surface area (Å²) in [4.78, 5) is 19.0. The highest BCUT2D eigenvalue weighted by Gasteiger charge is 2.20. The minimum atomic E-state index is -0.00729. The summed E-state index contributed by atoms with van der Waals surface area (Å²) in [5.41, 5.74) is 2.04. The first-order chi connectivity index (χ1) is 12.2. The zero-order chi connectivity index (χ0) is 18.1. The van der Waals surface area contributed by atoms with E-state index in [1.807, 2.05) is 17.0 Å². The minimum Gasteiger partial charge on any atom is -0.385 e. The Balaban J connectivity index is 1.78. The Hall–Kier alpha value is -1.79. The number of rotatable bonds is 8. The van der Waals surface area contributed by atoms with Gasteiger partial charge in [0.1, 0.15) is 0 Å². The van der Waals surface area contributed by atoms with Gasteiger partial charge in [-0.3, -0.25) is 4.90 Å². The highest BCUT2D eigenvalue weighted by molar-refractivity contribution is 5.89. The van der Waals surface area contributed by atoms with E-state index in [0.29, 0.717) is 0 Å². The number of benzene rings is 1. The summed E-state index contributed by atoms with van der Waals surface area (Å²) in [6.07, 6.45) is 1.04. The van der Waals surface area contributed by atoms with Crippen molar-refractivity contribution >= 4 is 17.4 Å². The lowest BCUT2D eigenvalue weighted by Gasteiger charge is -2.34. The minimum absolute atomic E-state index is 0.00729. The van der Waals surface area contributed by atoms with E-state index in [2.05, 4.69) is 41.1 Å². The molecular weight excluding hydrogens is 316 g/mol. The number of carbonyl (C=O) groups excluding carboxylic acids is 1. The highest BCUT2D eigenvalue weighted by atomic mass is 16.5. The molecule has 1 heterocycles. The van der Waals surface area contributed by atoms with Gasteiger partial charge in [-0.2, -0.15) is 0 Å². The van der Waals surface area contributed by atoms with Gasteiger partial charge < -0.3 is 19.9 Å². The highest BCUT2D eigenvalue weighted by Crippen LogP contribution is 2.18. The number of carbonyl (C=O) groups is 1. The van der Waals surface area contributed by atoms with Crippen LogP contribution < -0.4 is 10.2 Å². The summed E-state index contributed by atoms with van der Waals surface area (Å²) in [6, 6.07) is 8.08. The molecule has 140 valence electrons. The van der Waals surface area contributed by atoms with E-state index in [0.717, 1.165) is 64.5 Å². The number of amides is 2. The molecule has 1 saturated heterocycles. The van der Waals surface area contributed by atoms with E-state index in [-0.39, 0.29) is 6.03 Å². The Morgan fingerprint density at radius 3 is 2.32 bits per heavy atom. The van der Waals surface area contributed by atoms with Crippen LogP contribution in [0.3, 0.4) is 0 Å². The molecule has 0 bridgehead atoms. The van der Waals surface area contributed by atoms with Crippen LogP contribution in [-0.2, 0) is 4.74 Å². The third-order valence-corrected chi connectivity index (χ3v) is 4.73. The molecule has 1 aromatic carbocycles. The summed E-state index contributed by atoms with van der Waals surface area (Å²) >= 11 is 0. The standard InChI is InChI=1S/C19H32N4O2/c1-4-22(5-2)18-9-7-17(8-10-18)20-19(24)23-14-12-21(13-15-23)11-6-16-25-3/h7-10H,4-6,11-16H2,1-3H3,(H,20,24). The third kappa shape index (κ3) is 5.90. The van der Waals surface area contributed by atoms with E-state index in [9.17, 15) is 4.79 Å². The Bertz CT molecular complexity index is 509. The average Bonchev–Trinajstić information content (AvgIpc) is 2.65. The molecule has 0 aromatic heterocycles. The molecule has 2 amide bonds. The SMILES string of the molecule is CCN(CC)c1ccc(NC(=O)N2CCN(CCCOC)CC2)cc1. The second kappa shape index (κ2) is 10.3. The van der Waals surface area contributed by atoms with Gasteiger partial charge in [-0.25, -0.2) is 4.79 Å². The summed E-state index contributed by atoms with van der Waals surface area (Å²) in [5.74, 6) is 0. The first-order valence-corrected chi connectivity index (χ1v) is 9.30. The van der Waals surface area contributed by atoms with Crippen molar-refractivity contribution in [3.8, 4) is 0 Å². The molecule has 1 aromatic rings. The van der Waals surface area contributed by atoms with Gasteiger partial charge >= 0.3 is 6.03 Å². The van der Waals surface area contributed by atoms with Crippen LogP contribution in [-0.4, -0.2) is 75.4 Å². The van der Waals surface area contributed by atoms with Crippen molar-refractivity contribution in [1.82, 2.24) is 9.80 Å². The fraction of sp³-hybridized carbons (Fsp3) is 0.632. The predicted molar refractivity (Wildman–Crippen MR) is 104 cm³/mol. The van der Waals surface area contributed by atoms with Crippen molar-refractivity contribution in [1.29, 1.82) is 0 Å². The molecule has 0 unspecified atom stereocenters. The van der Waals surface area contributed by atoms with Gasteiger partial charge in [0.2, 0.25) is 0 Å². The molecule has 0 saturated carbocycles. The van der Waals surface area contributed by atoms with E-state index < -0.39 is 0 Å². The smallest absolute Gasteiger partial charge is 0.321 e. The Morgan fingerprint density at radius 2 is 1.76 bits per heavy atom. The molecule has 1 fully saturated rings. The third-order valence-electron chi connectivity index (χ3n) is 4.73. The van der Waals surface area contributed by atoms with Gasteiger partial charge in [0.15, 0.2) is 0 Å². The topological polar surface area (TPSA) is 48.1 Å². The van der Waals surface area contributed by atoms with Crippen LogP contribution in [0.1, 0.15) is 20.3 Å². The Morgan fingerprint density at radius 1 is 1.12 bits per heavy atom. The number of methoxy groups -OCH3 is 1. The van der Waals surface area contributed by atoms with Crippen molar-refractivity contribution in [3.63, 3.8) is 0 Å². The van der Waals surface area contributed by atoms with Crippen LogP contribution >= 0.6 is 0 Å². The fourth-order valence-corrected chi connectivity index (χ4v) is 3.15. The number of hydrogen-bond donors (Lipinski definition) is 1. The number of ether oxygens (including phenoxy) is 1. The second-order valence-electron chi connectivity index (χ2n) is 6.32. The monoisotopic (exact) mass is 348 g/mol. The molecule has 0 spiro atoms. The lowest BCUT2D eigenvalue weighted by atomic mass is 10.2. The lowest BCUT2D eigenvalue weighted by molar-refractivity contribution is 0.130. The number of urea groups is 1. The van der Waals surface area contributed by atoms with Crippen molar-refractivity contribution in [2.75, 3.05) is 69.7 Å². The molecule has 2 rings (SSSR count). The molecule has 1 N–H and O–H groups in total. The molecule has 1 aliphatic heterocycles. The Labute approximate surface area is 151 Å². The fourth-order valence-electron chi connectivity index (χ4n) is 3.15. The van der Waals surface area contributed by atoms with Crippen LogP contribution in [0.2, 0.25) is 0 Å². The largest absolute Gasteiger partial charge is 0.385 e. The molecule has 0 radical (unpaired) electrons. The molecule has 0 atom stereocenters. The summed E-state index contributed by atoms with van der Waals surface area (Å²) < 4.78 is 5.09. The predicted octanol–water partition coefficient (Wildman–Crippen LogP) is 2.72. The molecule has 6 heteroatoms. The van der Waals surface area contributed by atoms with Crippen molar-refractivity contribution in [2.45, 2.75) is 20.3 Å². The van der Waals surface area contributed by atoms with Crippen LogP contribution in [0, 0.1) is 0 Å². The average molecular weight is 348 g/mol. The molecule has 25 heavy (non-hydrogen) atoms. The van der Waals surface area contributed by atoms with Crippen LogP contribution in [0.5, 0.6) is 0 Å². The van der Waals surface area contributed by atoms with E-state index in [4.69, 9.17) is 4.74 Å². The van der Waals surface area contributed by atoms with Crippen LogP contribution in [0.15, 0.2) is 24.3 Å². The van der Waals surface area contributed by atoms with Gasteiger partial charge in [0.05, 0.1) is 0 Å². The van der Waals surface area contributed by atoms with E-state index in [1.165, 1.54) is 5.69 Å². The van der Waals surface area contributed by atoms with Crippen molar-refractivity contribution < 1.29 is 9.53 Å².